The maximum Gasteiger partial charge on any atom is 0.224 e. The summed E-state index contributed by atoms with van der Waals surface area (Å²) in [6.07, 6.45) is 4.41. The van der Waals surface area contributed by atoms with E-state index in [1.165, 1.54) is 5.56 Å². The van der Waals surface area contributed by atoms with Gasteiger partial charge in [-0.15, -0.1) is 0 Å². The third kappa shape index (κ3) is 5.30. The van der Waals surface area contributed by atoms with Crippen molar-refractivity contribution in [1.82, 2.24) is 15.2 Å². The number of nitrogens with one attached hydrogen (secondary N) is 1. The molecule has 0 aliphatic carbocycles. The fourth-order valence-corrected chi connectivity index (χ4v) is 4.17. The molecule has 2 aliphatic heterocycles. The van der Waals surface area contributed by atoms with Crippen molar-refractivity contribution in [1.29, 1.82) is 0 Å². The number of carbonyl (C=O) groups excluding carboxylic acids is 1. The first-order chi connectivity index (χ1) is 14.6. The molecule has 0 radical (unpaired) electrons. The van der Waals surface area contributed by atoms with Gasteiger partial charge in [0.1, 0.15) is 12.7 Å². The van der Waals surface area contributed by atoms with Gasteiger partial charge >= 0.3 is 0 Å². The Morgan fingerprint density at radius 2 is 2.03 bits per heavy atom. The normalized spacial score (nSPS) is 19.5. The number of likely N-dealkylation sites (tertiary alicyclic amines) is 1. The molecule has 1 aromatic heterocycles. The smallest absolute Gasteiger partial charge is 0.224 e. The van der Waals surface area contributed by atoms with Gasteiger partial charge in [-0.25, -0.2) is 0 Å². The van der Waals surface area contributed by atoms with E-state index in [-0.39, 0.29) is 12.0 Å². The molecule has 0 unspecified atom stereocenters. The number of amides is 1. The standard InChI is InChI=1S/C24H31N3O3/c1-17-5-6-22-23(12-17)30-21(16-29-22)15-27-10-7-19(8-11-27)14-26-24(28)13-20-4-3-9-25-18(20)2/h3-6,9,12,19,21H,7-8,10-11,13-16H2,1-2H3,(H,26,28)/t21-/m0/s1. The van der Waals surface area contributed by atoms with Gasteiger partial charge in [-0.3, -0.25) is 14.7 Å². The van der Waals surface area contributed by atoms with Crippen molar-refractivity contribution in [3.05, 3.63) is 53.3 Å². The molecule has 0 bridgehead atoms. The van der Waals surface area contributed by atoms with Crippen LogP contribution in [0.3, 0.4) is 0 Å². The number of pyridine rings is 1. The van der Waals surface area contributed by atoms with E-state index in [2.05, 4.69) is 22.1 Å². The zero-order valence-corrected chi connectivity index (χ0v) is 17.9. The predicted octanol–water partition coefficient (Wildman–Crippen LogP) is 2.91. The summed E-state index contributed by atoms with van der Waals surface area (Å²) in [5.74, 6) is 2.31. The number of benzene rings is 1. The molecule has 0 spiro atoms. The number of aryl methyl sites for hydroxylation is 2. The maximum atomic E-state index is 12.3. The first-order valence-electron chi connectivity index (χ1n) is 10.9. The van der Waals surface area contributed by atoms with Crippen molar-refractivity contribution in [2.75, 3.05) is 32.8 Å². The Hall–Kier alpha value is -2.60. The summed E-state index contributed by atoms with van der Waals surface area (Å²) in [5, 5.41) is 3.11. The Kier molecular flexibility index (Phi) is 6.53. The molecule has 1 atom stereocenters. The van der Waals surface area contributed by atoms with Gasteiger partial charge in [-0.2, -0.15) is 0 Å². The van der Waals surface area contributed by atoms with Crippen LogP contribution in [0.25, 0.3) is 0 Å². The highest BCUT2D eigenvalue weighted by Crippen LogP contribution is 2.32. The number of piperidine rings is 1. The lowest BCUT2D eigenvalue weighted by atomic mass is 9.96. The first kappa shape index (κ1) is 20.7. The molecule has 3 heterocycles. The Labute approximate surface area is 178 Å². The van der Waals surface area contributed by atoms with E-state index in [0.29, 0.717) is 18.9 Å². The van der Waals surface area contributed by atoms with Gasteiger partial charge in [0.2, 0.25) is 5.91 Å². The number of hydrogen-bond acceptors (Lipinski definition) is 5. The fourth-order valence-electron chi connectivity index (χ4n) is 4.17. The molecular weight excluding hydrogens is 378 g/mol. The van der Waals surface area contributed by atoms with Crippen LogP contribution in [-0.2, 0) is 11.2 Å². The minimum absolute atomic E-state index is 0.0678. The zero-order chi connectivity index (χ0) is 20.9. The Morgan fingerprint density at radius 1 is 1.20 bits per heavy atom. The van der Waals surface area contributed by atoms with Crippen molar-refractivity contribution >= 4 is 5.91 Å². The average molecular weight is 410 g/mol. The van der Waals surface area contributed by atoms with E-state index >= 15 is 0 Å². The second-order valence-corrected chi connectivity index (χ2v) is 8.47. The van der Waals surface area contributed by atoms with Crippen LogP contribution in [-0.4, -0.2) is 54.7 Å². The monoisotopic (exact) mass is 409 g/mol. The number of aromatic nitrogens is 1. The third-order valence-electron chi connectivity index (χ3n) is 6.04. The zero-order valence-electron chi connectivity index (χ0n) is 17.9. The van der Waals surface area contributed by atoms with Crippen LogP contribution in [0.1, 0.15) is 29.7 Å². The maximum absolute atomic E-state index is 12.3. The highest BCUT2D eigenvalue weighted by Gasteiger charge is 2.26. The fraction of sp³-hybridized carbons (Fsp3) is 0.500. The number of rotatable bonds is 6. The van der Waals surface area contributed by atoms with E-state index < -0.39 is 0 Å². The Balaban J connectivity index is 1.17. The Morgan fingerprint density at radius 3 is 2.83 bits per heavy atom. The summed E-state index contributed by atoms with van der Waals surface area (Å²) < 4.78 is 12.0. The quantitative estimate of drug-likeness (QED) is 0.795. The highest BCUT2D eigenvalue weighted by molar-refractivity contribution is 5.78. The molecule has 30 heavy (non-hydrogen) atoms. The van der Waals surface area contributed by atoms with Crippen LogP contribution in [0.5, 0.6) is 11.5 Å². The lowest BCUT2D eigenvalue weighted by molar-refractivity contribution is -0.120. The van der Waals surface area contributed by atoms with Crippen LogP contribution < -0.4 is 14.8 Å². The van der Waals surface area contributed by atoms with Crippen LogP contribution in [0, 0.1) is 19.8 Å². The largest absolute Gasteiger partial charge is 0.486 e. The number of ether oxygens (including phenoxy) is 2. The summed E-state index contributed by atoms with van der Waals surface area (Å²) in [5.41, 5.74) is 3.10. The lowest BCUT2D eigenvalue weighted by Crippen LogP contribution is -2.45. The molecule has 160 valence electrons. The molecule has 1 aromatic carbocycles. The molecule has 2 aliphatic rings. The summed E-state index contributed by atoms with van der Waals surface area (Å²) in [6.45, 7) is 8.30. The molecule has 6 heteroatoms. The second-order valence-electron chi connectivity index (χ2n) is 8.47. The second kappa shape index (κ2) is 9.47. The van der Waals surface area contributed by atoms with Gasteiger partial charge in [0, 0.05) is 25.0 Å². The van der Waals surface area contributed by atoms with Gasteiger partial charge in [-0.1, -0.05) is 12.1 Å². The number of fused-ring (bicyclic) bond motifs is 1. The number of nitrogens with zero attached hydrogens (tertiary/aromatic N) is 2. The summed E-state index contributed by atoms with van der Waals surface area (Å²) in [4.78, 5) is 19.0. The van der Waals surface area contributed by atoms with Crippen molar-refractivity contribution in [2.45, 2.75) is 39.2 Å². The number of hydrogen-bond donors (Lipinski definition) is 1. The van der Waals surface area contributed by atoms with Gasteiger partial charge in [0.05, 0.1) is 6.42 Å². The predicted molar refractivity (Wildman–Crippen MR) is 116 cm³/mol. The average Bonchev–Trinajstić information content (AvgIpc) is 2.75. The van der Waals surface area contributed by atoms with Gasteiger partial charge in [-0.05, 0) is 75.0 Å². The molecule has 4 rings (SSSR count). The van der Waals surface area contributed by atoms with Crippen molar-refractivity contribution in [2.24, 2.45) is 5.92 Å². The van der Waals surface area contributed by atoms with Crippen molar-refractivity contribution in [3.63, 3.8) is 0 Å². The van der Waals surface area contributed by atoms with E-state index in [0.717, 1.165) is 61.8 Å². The van der Waals surface area contributed by atoms with E-state index in [1.54, 1.807) is 6.20 Å². The Bertz CT molecular complexity index is 878. The first-order valence-corrected chi connectivity index (χ1v) is 10.9. The molecule has 1 saturated heterocycles. The van der Waals surface area contributed by atoms with Crippen LogP contribution in [0.4, 0.5) is 0 Å². The topological polar surface area (TPSA) is 63.7 Å². The van der Waals surface area contributed by atoms with Crippen LogP contribution in [0.15, 0.2) is 36.5 Å². The molecule has 0 saturated carbocycles. The summed E-state index contributed by atoms with van der Waals surface area (Å²) in [6, 6.07) is 9.92. The molecule has 1 N–H and O–H groups in total. The van der Waals surface area contributed by atoms with Gasteiger partial charge in [0.25, 0.3) is 0 Å². The van der Waals surface area contributed by atoms with Gasteiger partial charge in [0.15, 0.2) is 11.5 Å². The van der Waals surface area contributed by atoms with Crippen molar-refractivity contribution < 1.29 is 14.3 Å². The minimum atomic E-state index is 0.0678. The minimum Gasteiger partial charge on any atom is -0.486 e. The van der Waals surface area contributed by atoms with Gasteiger partial charge < -0.3 is 14.8 Å². The number of carbonyl (C=O) groups is 1. The molecular formula is C24H31N3O3. The van der Waals surface area contributed by atoms with Crippen LogP contribution in [0.2, 0.25) is 0 Å². The summed E-state index contributed by atoms with van der Waals surface area (Å²) >= 11 is 0. The van der Waals surface area contributed by atoms with Crippen molar-refractivity contribution in [3.8, 4) is 11.5 Å². The summed E-state index contributed by atoms with van der Waals surface area (Å²) in [7, 11) is 0. The molecule has 2 aromatic rings. The molecule has 6 nitrogen and oxygen atoms in total. The third-order valence-corrected chi connectivity index (χ3v) is 6.04. The van der Waals surface area contributed by atoms with Crippen LogP contribution >= 0.6 is 0 Å². The van der Waals surface area contributed by atoms with E-state index in [9.17, 15) is 4.79 Å². The highest BCUT2D eigenvalue weighted by atomic mass is 16.6. The lowest BCUT2D eigenvalue weighted by Gasteiger charge is -2.35. The molecule has 1 fully saturated rings. The van der Waals surface area contributed by atoms with E-state index in [4.69, 9.17) is 9.47 Å². The SMILES string of the molecule is Cc1ccc2c(c1)O[C@@H](CN1CCC(CNC(=O)Cc3cccnc3C)CC1)CO2. The molecule has 1 amide bonds. The van der Waals surface area contributed by atoms with E-state index in [1.807, 2.05) is 37.3 Å².